The average molecular weight is 368 g/mol. The number of fused-ring (bicyclic) bond motifs is 1. The Kier molecular flexibility index (Phi) is 4.31. The highest BCUT2D eigenvalue weighted by atomic mass is 32.1. The van der Waals surface area contributed by atoms with Gasteiger partial charge in [-0.05, 0) is 43.8 Å². The van der Waals surface area contributed by atoms with Crippen molar-refractivity contribution in [3.05, 3.63) is 59.4 Å². The van der Waals surface area contributed by atoms with E-state index in [4.69, 9.17) is 9.72 Å². The quantitative estimate of drug-likeness (QED) is 0.702. The molecule has 3 aromatic rings. The van der Waals surface area contributed by atoms with E-state index in [-0.39, 0.29) is 5.41 Å². The molecular formula is C21H25N3OS. The largest absolute Gasteiger partial charge is 0.381 e. The number of piperidine rings is 1. The van der Waals surface area contributed by atoms with Gasteiger partial charge in [-0.3, -0.25) is 4.40 Å². The number of hydrogen-bond acceptors (Lipinski definition) is 4. The van der Waals surface area contributed by atoms with E-state index in [1.165, 1.54) is 24.2 Å². The third kappa shape index (κ3) is 2.88. The maximum atomic E-state index is 5.56. The van der Waals surface area contributed by atoms with E-state index < -0.39 is 0 Å². The number of hydrogen-bond donors (Lipinski definition) is 0. The normalized spacial score (nSPS) is 23.6. The molecule has 4 heterocycles. The summed E-state index contributed by atoms with van der Waals surface area (Å²) in [5, 5.41) is 2.10. The monoisotopic (exact) mass is 367 g/mol. The van der Waals surface area contributed by atoms with Crippen molar-refractivity contribution >= 4 is 16.3 Å². The second kappa shape index (κ2) is 6.80. The molecule has 26 heavy (non-hydrogen) atoms. The van der Waals surface area contributed by atoms with Crippen molar-refractivity contribution in [1.29, 1.82) is 0 Å². The first-order chi connectivity index (χ1) is 12.8. The Morgan fingerprint density at radius 2 is 2.04 bits per heavy atom. The van der Waals surface area contributed by atoms with E-state index in [0.29, 0.717) is 0 Å². The summed E-state index contributed by atoms with van der Waals surface area (Å²) in [6, 6.07) is 11.0. The summed E-state index contributed by atoms with van der Waals surface area (Å²) in [6.07, 6.45) is 7.85. The van der Waals surface area contributed by atoms with Crippen LogP contribution < -0.4 is 0 Å². The highest BCUT2D eigenvalue weighted by Crippen LogP contribution is 2.41. The minimum atomic E-state index is 0.0374. The second-order valence-electron chi connectivity index (χ2n) is 7.70. The van der Waals surface area contributed by atoms with Crippen LogP contribution in [-0.2, 0) is 10.2 Å². The van der Waals surface area contributed by atoms with E-state index in [1.54, 1.807) is 11.3 Å². The lowest BCUT2D eigenvalue weighted by atomic mass is 9.70. The molecule has 2 aromatic heterocycles. The first kappa shape index (κ1) is 16.5. The standard InChI is InChI=1S/C21H25N3OS/c1-2-4-18(5-3-1)21(19-15-24-11-13-26-20(24)22-19)7-9-23(10-8-21)14-17-6-12-25-16-17/h1-5,11,13,15,17H,6-10,12,14,16H2. The average Bonchev–Trinajstić information content (AvgIpc) is 3.41. The van der Waals surface area contributed by atoms with Gasteiger partial charge in [0.2, 0.25) is 0 Å². The van der Waals surface area contributed by atoms with Gasteiger partial charge in [0.25, 0.3) is 0 Å². The molecule has 2 saturated heterocycles. The van der Waals surface area contributed by atoms with Gasteiger partial charge in [0.1, 0.15) is 0 Å². The minimum absolute atomic E-state index is 0.0374. The molecule has 0 N–H and O–H groups in total. The van der Waals surface area contributed by atoms with Crippen LogP contribution in [-0.4, -0.2) is 47.1 Å². The molecule has 0 radical (unpaired) electrons. The molecule has 0 aliphatic carbocycles. The van der Waals surface area contributed by atoms with Crippen LogP contribution in [0.4, 0.5) is 0 Å². The van der Waals surface area contributed by atoms with E-state index in [2.05, 4.69) is 57.4 Å². The zero-order chi connectivity index (χ0) is 17.4. The van der Waals surface area contributed by atoms with Crippen molar-refractivity contribution in [2.24, 2.45) is 5.92 Å². The summed E-state index contributed by atoms with van der Waals surface area (Å²) >= 11 is 1.72. The van der Waals surface area contributed by atoms with Crippen LogP contribution in [0, 0.1) is 5.92 Å². The molecule has 5 rings (SSSR count). The molecule has 0 amide bonds. The topological polar surface area (TPSA) is 29.8 Å². The first-order valence-corrected chi connectivity index (χ1v) is 10.5. The fourth-order valence-corrected chi connectivity index (χ4v) is 5.32. The van der Waals surface area contributed by atoms with Crippen LogP contribution in [0.3, 0.4) is 0 Å². The van der Waals surface area contributed by atoms with Crippen molar-refractivity contribution in [3.8, 4) is 0 Å². The van der Waals surface area contributed by atoms with Crippen LogP contribution in [0.1, 0.15) is 30.5 Å². The number of rotatable bonds is 4. The molecule has 0 spiro atoms. The molecule has 136 valence electrons. The molecule has 0 bridgehead atoms. The van der Waals surface area contributed by atoms with E-state index in [0.717, 1.165) is 50.0 Å². The summed E-state index contributed by atoms with van der Waals surface area (Å²) in [4.78, 5) is 8.75. The molecule has 2 fully saturated rings. The highest BCUT2D eigenvalue weighted by molar-refractivity contribution is 7.15. The van der Waals surface area contributed by atoms with Crippen molar-refractivity contribution < 1.29 is 4.74 Å². The summed E-state index contributed by atoms with van der Waals surface area (Å²) in [5.41, 5.74) is 2.68. The van der Waals surface area contributed by atoms with Crippen molar-refractivity contribution in [3.63, 3.8) is 0 Å². The fourth-order valence-electron chi connectivity index (χ4n) is 4.62. The number of benzene rings is 1. The summed E-state index contributed by atoms with van der Waals surface area (Å²) in [5.74, 6) is 0.720. The van der Waals surface area contributed by atoms with Gasteiger partial charge < -0.3 is 9.64 Å². The Morgan fingerprint density at radius 1 is 1.19 bits per heavy atom. The predicted octanol–water partition coefficient (Wildman–Crippen LogP) is 3.81. The fraction of sp³-hybridized carbons (Fsp3) is 0.476. The minimum Gasteiger partial charge on any atom is -0.381 e. The zero-order valence-electron chi connectivity index (χ0n) is 15.0. The smallest absolute Gasteiger partial charge is 0.193 e. The number of likely N-dealkylation sites (tertiary alicyclic amines) is 1. The molecular weight excluding hydrogens is 342 g/mol. The third-order valence-electron chi connectivity index (χ3n) is 6.16. The van der Waals surface area contributed by atoms with Gasteiger partial charge in [0.05, 0.1) is 12.3 Å². The van der Waals surface area contributed by atoms with E-state index in [9.17, 15) is 0 Å². The summed E-state index contributed by atoms with van der Waals surface area (Å²) in [7, 11) is 0. The second-order valence-corrected chi connectivity index (χ2v) is 8.57. The Bertz CT molecular complexity index is 829. The Labute approximate surface area is 158 Å². The molecule has 1 aromatic carbocycles. The van der Waals surface area contributed by atoms with Gasteiger partial charge in [-0.2, -0.15) is 0 Å². The van der Waals surface area contributed by atoms with Crippen LogP contribution in [0.2, 0.25) is 0 Å². The van der Waals surface area contributed by atoms with Gasteiger partial charge in [0, 0.05) is 36.3 Å². The van der Waals surface area contributed by atoms with Crippen molar-refractivity contribution in [2.45, 2.75) is 24.7 Å². The van der Waals surface area contributed by atoms with Crippen LogP contribution in [0.15, 0.2) is 48.1 Å². The maximum absolute atomic E-state index is 5.56. The maximum Gasteiger partial charge on any atom is 0.193 e. The number of imidazole rings is 1. The molecule has 2 aliphatic heterocycles. The molecule has 1 atom stereocenters. The number of thiazole rings is 1. The van der Waals surface area contributed by atoms with E-state index >= 15 is 0 Å². The lowest BCUT2D eigenvalue weighted by Gasteiger charge is -2.42. The molecule has 2 aliphatic rings. The van der Waals surface area contributed by atoms with Crippen molar-refractivity contribution in [2.75, 3.05) is 32.8 Å². The molecule has 5 heteroatoms. The lowest BCUT2D eigenvalue weighted by molar-refractivity contribution is 0.137. The third-order valence-corrected chi connectivity index (χ3v) is 6.93. The van der Waals surface area contributed by atoms with E-state index in [1.807, 2.05) is 0 Å². The summed E-state index contributed by atoms with van der Waals surface area (Å²) < 4.78 is 7.74. The molecule has 0 saturated carbocycles. The van der Waals surface area contributed by atoms with Gasteiger partial charge >= 0.3 is 0 Å². The van der Waals surface area contributed by atoms with Gasteiger partial charge in [-0.15, -0.1) is 11.3 Å². The number of aromatic nitrogens is 2. The SMILES string of the molecule is c1ccc(C2(c3cn4ccsc4n3)CCN(CC3CCOC3)CC2)cc1. The first-order valence-electron chi connectivity index (χ1n) is 9.62. The number of nitrogens with zero attached hydrogens (tertiary/aromatic N) is 3. The lowest BCUT2D eigenvalue weighted by Crippen LogP contribution is -2.45. The number of ether oxygens (including phenoxy) is 1. The molecule has 4 nitrogen and oxygen atoms in total. The Morgan fingerprint density at radius 3 is 2.77 bits per heavy atom. The van der Waals surface area contributed by atoms with Gasteiger partial charge in [-0.25, -0.2) is 4.98 Å². The van der Waals surface area contributed by atoms with Gasteiger partial charge in [-0.1, -0.05) is 30.3 Å². The highest BCUT2D eigenvalue weighted by Gasteiger charge is 2.40. The van der Waals surface area contributed by atoms with Crippen molar-refractivity contribution in [1.82, 2.24) is 14.3 Å². The predicted molar refractivity (Wildman–Crippen MR) is 105 cm³/mol. The van der Waals surface area contributed by atoms with Crippen LogP contribution in [0.5, 0.6) is 0 Å². The van der Waals surface area contributed by atoms with Gasteiger partial charge in [0.15, 0.2) is 4.96 Å². The Hall–Kier alpha value is -1.69. The van der Waals surface area contributed by atoms with Crippen LogP contribution in [0.25, 0.3) is 4.96 Å². The molecule has 1 unspecified atom stereocenters. The van der Waals surface area contributed by atoms with Crippen LogP contribution >= 0.6 is 11.3 Å². The Balaban J connectivity index is 1.43. The zero-order valence-corrected chi connectivity index (χ0v) is 15.8. The summed E-state index contributed by atoms with van der Waals surface area (Å²) in [6.45, 7) is 5.34.